The zero-order chi connectivity index (χ0) is 17.7. The van der Waals surface area contributed by atoms with E-state index in [0.29, 0.717) is 16.4 Å². The maximum absolute atomic E-state index is 5.99. The molecule has 4 saturated carbocycles. The van der Waals surface area contributed by atoms with Gasteiger partial charge >= 0.3 is 0 Å². The van der Waals surface area contributed by atoms with Crippen molar-refractivity contribution in [2.24, 2.45) is 16.7 Å². The summed E-state index contributed by atoms with van der Waals surface area (Å²) in [6.45, 7) is 8.95. The van der Waals surface area contributed by atoms with Gasteiger partial charge in [0.1, 0.15) is 5.75 Å². The zero-order valence-electron chi connectivity index (χ0n) is 16.0. The molecule has 1 N–H and O–H groups in total. The molecule has 0 amide bonds. The van der Waals surface area contributed by atoms with Crippen LogP contribution in [0.3, 0.4) is 0 Å². The van der Waals surface area contributed by atoms with E-state index in [-0.39, 0.29) is 0 Å². The molecule has 4 fully saturated rings. The third-order valence-electron chi connectivity index (χ3n) is 6.76. The van der Waals surface area contributed by atoms with Crippen molar-refractivity contribution in [2.75, 3.05) is 6.61 Å². The van der Waals surface area contributed by atoms with Crippen molar-refractivity contribution in [2.45, 2.75) is 77.8 Å². The molecule has 0 aromatic heterocycles. The Hall–Kier alpha value is -0.540. The van der Waals surface area contributed by atoms with Crippen molar-refractivity contribution in [3.05, 3.63) is 28.2 Å². The van der Waals surface area contributed by atoms with Crippen molar-refractivity contribution in [1.82, 2.24) is 5.32 Å². The molecule has 5 rings (SSSR count). The summed E-state index contributed by atoms with van der Waals surface area (Å²) in [7, 11) is 0. The largest absolute Gasteiger partial charge is 0.493 e. The molecule has 4 aliphatic carbocycles. The molecule has 4 aliphatic rings. The first-order valence-corrected chi connectivity index (χ1v) is 10.8. The normalized spacial score (nSPS) is 39.0. The van der Waals surface area contributed by atoms with Crippen molar-refractivity contribution in [3.63, 3.8) is 0 Å². The van der Waals surface area contributed by atoms with Crippen LogP contribution in [-0.2, 0) is 6.54 Å². The van der Waals surface area contributed by atoms with Gasteiger partial charge in [-0.15, -0.1) is 0 Å². The first-order valence-electron chi connectivity index (χ1n) is 9.99. The van der Waals surface area contributed by atoms with Crippen LogP contribution in [0.1, 0.15) is 71.3 Å². The molecule has 1 aromatic rings. The molecule has 2 nitrogen and oxygen atoms in total. The molecule has 2 unspecified atom stereocenters. The number of nitrogens with one attached hydrogen (secondary N) is 1. The van der Waals surface area contributed by atoms with Gasteiger partial charge in [-0.25, -0.2) is 0 Å². The van der Waals surface area contributed by atoms with Crippen LogP contribution in [0.5, 0.6) is 5.75 Å². The highest BCUT2D eigenvalue weighted by molar-refractivity contribution is 9.10. The summed E-state index contributed by atoms with van der Waals surface area (Å²) in [6.07, 6.45) is 9.46. The lowest BCUT2D eigenvalue weighted by atomic mass is 9.43. The second-order valence-corrected chi connectivity index (χ2v) is 10.8. The van der Waals surface area contributed by atoms with E-state index in [1.54, 1.807) is 0 Å². The Morgan fingerprint density at radius 2 is 1.84 bits per heavy atom. The predicted molar refractivity (Wildman–Crippen MR) is 107 cm³/mol. The molecule has 0 spiro atoms. The van der Waals surface area contributed by atoms with Gasteiger partial charge in [-0.05, 0) is 79.9 Å². The number of rotatable bonds is 6. The first-order chi connectivity index (χ1) is 11.8. The monoisotopic (exact) mass is 405 g/mol. The molecular weight excluding hydrogens is 374 g/mol. The van der Waals surface area contributed by atoms with Gasteiger partial charge in [0.25, 0.3) is 0 Å². The number of hydrogen-bond donors (Lipinski definition) is 1. The van der Waals surface area contributed by atoms with Crippen LogP contribution < -0.4 is 10.1 Å². The fourth-order valence-electron chi connectivity index (χ4n) is 6.97. The number of hydrogen-bond acceptors (Lipinski definition) is 2. The highest BCUT2D eigenvalue weighted by atomic mass is 79.9. The lowest BCUT2D eigenvalue weighted by molar-refractivity contribution is -0.118. The van der Waals surface area contributed by atoms with Gasteiger partial charge in [-0.1, -0.05) is 36.7 Å². The van der Waals surface area contributed by atoms with Crippen molar-refractivity contribution >= 4 is 15.9 Å². The SMILES string of the molecule is CCCOc1ccc(Br)cc1CNC12CC3CC(C)(CC(C)(C3)C1)C2. The van der Waals surface area contributed by atoms with Crippen molar-refractivity contribution < 1.29 is 4.74 Å². The Morgan fingerprint density at radius 1 is 1.12 bits per heavy atom. The Kier molecular flexibility index (Phi) is 4.47. The predicted octanol–water partition coefficient (Wildman–Crippen LogP) is 6.08. The number of ether oxygens (including phenoxy) is 1. The van der Waals surface area contributed by atoms with E-state index in [4.69, 9.17) is 4.74 Å². The van der Waals surface area contributed by atoms with Crippen LogP contribution in [0.25, 0.3) is 0 Å². The molecule has 0 heterocycles. The van der Waals surface area contributed by atoms with Gasteiger partial charge in [0.05, 0.1) is 6.61 Å². The maximum Gasteiger partial charge on any atom is 0.123 e. The fourth-order valence-corrected chi connectivity index (χ4v) is 7.38. The summed E-state index contributed by atoms with van der Waals surface area (Å²) in [6, 6.07) is 6.42. The second kappa shape index (κ2) is 6.27. The molecular formula is C22H32BrNO. The minimum absolute atomic E-state index is 0.341. The van der Waals surface area contributed by atoms with Crippen molar-refractivity contribution in [1.29, 1.82) is 0 Å². The van der Waals surface area contributed by atoms with E-state index < -0.39 is 0 Å². The van der Waals surface area contributed by atoms with E-state index in [1.165, 1.54) is 44.1 Å². The van der Waals surface area contributed by atoms with E-state index in [1.807, 2.05) is 0 Å². The molecule has 3 heteroatoms. The van der Waals surface area contributed by atoms with Gasteiger partial charge in [0.15, 0.2) is 0 Å². The molecule has 138 valence electrons. The first kappa shape index (κ1) is 17.9. The highest BCUT2D eigenvalue weighted by Gasteiger charge is 2.59. The van der Waals surface area contributed by atoms with Gasteiger partial charge in [0, 0.05) is 22.1 Å². The lowest BCUT2D eigenvalue weighted by Gasteiger charge is -2.65. The molecule has 25 heavy (non-hydrogen) atoms. The molecule has 0 saturated heterocycles. The lowest BCUT2D eigenvalue weighted by Crippen LogP contribution is -2.63. The average molecular weight is 406 g/mol. The van der Waals surface area contributed by atoms with Gasteiger partial charge < -0.3 is 10.1 Å². The van der Waals surface area contributed by atoms with Gasteiger partial charge in [-0.3, -0.25) is 0 Å². The van der Waals surface area contributed by atoms with Crippen LogP contribution in [0.2, 0.25) is 0 Å². The standard InChI is InChI=1S/C22H32BrNO/c1-4-7-25-19-6-5-18(23)8-17(19)12-24-22-11-16-9-20(2,14-22)13-21(3,10-16)15-22/h5-6,8,16,24H,4,7,9-15H2,1-3H3. The molecule has 1 aromatic carbocycles. The summed E-state index contributed by atoms with van der Waals surface area (Å²) in [4.78, 5) is 0. The maximum atomic E-state index is 5.99. The minimum atomic E-state index is 0.341. The topological polar surface area (TPSA) is 21.3 Å². The van der Waals surface area contributed by atoms with E-state index in [0.717, 1.165) is 35.7 Å². The smallest absolute Gasteiger partial charge is 0.123 e. The molecule has 0 aliphatic heterocycles. The van der Waals surface area contributed by atoms with Gasteiger partial charge in [-0.2, -0.15) is 0 Å². The van der Waals surface area contributed by atoms with Crippen LogP contribution >= 0.6 is 15.9 Å². The number of halogens is 1. The quantitative estimate of drug-likeness (QED) is 0.619. The van der Waals surface area contributed by atoms with Crippen LogP contribution in [0.4, 0.5) is 0 Å². The summed E-state index contributed by atoms with van der Waals surface area (Å²) in [5, 5.41) is 4.04. The summed E-state index contributed by atoms with van der Waals surface area (Å²) in [5.74, 6) is 1.97. The molecule has 2 atom stereocenters. The summed E-state index contributed by atoms with van der Waals surface area (Å²) in [5.41, 5.74) is 2.74. The summed E-state index contributed by atoms with van der Waals surface area (Å²) >= 11 is 3.63. The van der Waals surface area contributed by atoms with E-state index in [2.05, 4.69) is 60.2 Å². The third kappa shape index (κ3) is 3.51. The van der Waals surface area contributed by atoms with Crippen LogP contribution in [0.15, 0.2) is 22.7 Å². The Morgan fingerprint density at radius 3 is 2.48 bits per heavy atom. The Bertz CT molecular complexity index is 639. The van der Waals surface area contributed by atoms with Crippen LogP contribution in [0, 0.1) is 16.7 Å². The van der Waals surface area contributed by atoms with E-state index >= 15 is 0 Å². The zero-order valence-corrected chi connectivity index (χ0v) is 17.5. The van der Waals surface area contributed by atoms with Crippen molar-refractivity contribution in [3.8, 4) is 5.75 Å². The Labute approximate surface area is 161 Å². The number of benzene rings is 1. The second-order valence-electron chi connectivity index (χ2n) is 9.86. The highest BCUT2D eigenvalue weighted by Crippen LogP contribution is 2.66. The molecule has 0 radical (unpaired) electrons. The minimum Gasteiger partial charge on any atom is -0.493 e. The fraction of sp³-hybridized carbons (Fsp3) is 0.727. The average Bonchev–Trinajstić information content (AvgIpc) is 2.48. The van der Waals surface area contributed by atoms with E-state index in [9.17, 15) is 0 Å². The van der Waals surface area contributed by atoms with Crippen LogP contribution in [-0.4, -0.2) is 12.1 Å². The molecule has 4 bridgehead atoms. The summed E-state index contributed by atoms with van der Waals surface area (Å²) < 4.78 is 7.13. The third-order valence-corrected chi connectivity index (χ3v) is 7.26. The Balaban J connectivity index is 1.53. The van der Waals surface area contributed by atoms with Gasteiger partial charge in [0.2, 0.25) is 0 Å².